The number of hydrogen-bond acceptors (Lipinski definition) is 7. The Kier molecular flexibility index (Phi) is 7.57. The third-order valence-electron chi connectivity index (χ3n) is 2.36. The van der Waals surface area contributed by atoms with E-state index >= 15 is 0 Å². The molecular formula is C11H8Cl3IN2O7. The first kappa shape index (κ1) is 20.8. The van der Waals surface area contributed by atoms with Crippen LogP contribution in [-0.4, -0.2) is 33.7 Å². The number of ether oxygens (including phenoxy) is 1. The Balaban J connectivity index is 2.77. The molecule has 0 aliphatic heterocycles. The minimum Gasteiger partial charge on any atom is -0.460 e. The molecule has 1 aromatic rings. The zero-order valence-corrected chi connectivity index (χ0v) is 15.9. The van der Waals surface area contributed by atoms with E-state index < -0.39 is 62.8 Å². The van der Waals surface area contributed by atoms with Gasteiger partial charge in [0.15, 0.2) is 3.57 Å². The first-order valence-electron chi connectivity index (χ1n) is 5.85. The van der Waals surface area contributed by atoms with Gasteiger partial charge in [0.2, 0.25) is 3.79 Å². The van der Waals surface area contributed by atoms with Crippen LogP contribution < -0.4 is 5.32 Å². The Hall–Kier alpha value is -1.24. The van der Waals surface area contributed by atoms with Crippen molar-refractivity contribution in [3.63, 3.8) is 0 Å². The van der Waals surface area contributed by atoms with Crippen molar-refractivity contribution in [3.8, 4) is 0 Å². The van der Waals surface area contributed by atoms with E-state index in [4.69, 9.17) is 34.8 Å². The highest BCUT2D eigenvalue weighted by Crippen LogP contribution is 2.29. The highest BCUT2D eigenvalue weighted by Gasteiger charge is 2.23. The lowest BCUT2D eigenvalue weighted by Gasteiger charge is -2.11. The molecule has 0 aromatic heterocycles. The fourth-order valence-corrected chi connectivity index (χ4v) is 2.97. The zero-order valence-electron chi connectivity index (χ0n) is 11.5. The fraction of sp³-hybridized carbons (Fsp3) is 0.273. The van der Waals surface area contributed by atoms with Crippen LogP contribution in [0.4, 0.5) is 5.69 Å². The third kappa shape index (κ3) is 6.71. The second kappa shape index (κ2) is 8.74. The van der Waals surface area contributed by atoms with Gasteiger partial charge in [0.25, 0.3) is 11.6 Å². The Morgan fingerprint density at radius 3 is 2.42 bits per heavy atom. The van der Waals surface area contributed by atoms with Gasteiger partial charge in [0.05, 0.1) is 4.92 Å². The van der Waals surface area contributed by atoms with Crippen molar-refractivity contribution < 1.29 is 25.4 Å². The summed E-state index contributed by atoms with van der Waals surface area (Å²) in [5, 5.41) is 12.9. The molecule has 1 aromatic carbocycles. The van der Waals surface area contributed by atoms with Crippen LogP contribution in [-0.2, 0) is 15.7 Å². The molecular weight excluding hydrogens is 505 g/mol. The van der Waals surface area contributed by atoms with Crippen LogP contribution >= 0.6 is 54.6 Å². The molecule has 1 amide bonds. The number of esters is 1. The molecule has 132 valence electrons. The average molecular weight is 513 g/mol. The number of rotatable bonds is 6. The molecule has 1 N–H and O–H groups in total. The van der Waals surface area contributed by atoms with Gasteiger partial charge in [0.1, 0.15) is 13.2 Å². The molecule has 0 radical (unpaired) electrons. The van der Waals surface area contributed by atoms with Crippen LogP contribution in [0.25, 0.3) is 0 Å². The molecule has 24 heavy (non-hydrogen) atoms. The van der Waals surface area contributed by atoms with Gasteiger partial charge in [-0.15, -0.1) is 0 Å². The van der Waals surface area contributed by atoms with Crippen LogP contribution in [0.2, 0.25) is 0 Å². The van der Waals surface area contributed by atoms with E-state index in [-0.39, 0.29) is 5.56 Å². The normalized spacial score (nSPS) is 11.2. The number of halogens is 4. The fourth-order valence-electron chi connectivity index (χ4n) is 1.39. The Bertz CT molecular complexity index is 738. The molecule has 0 atom stereocenters. The number of carbonyl (C=O) groups is 2. The number of carbonyl (C=O) groups excluding carboxylic acids is 2. The monoisotopic (exact) mass is 512 g/mol. The molecule has 0 fully saturated rings. The maximum atomic E-state index is 11.9. The Labute approximate surface area is 156 Å². The summed E-state index contributed by atoms with van der Waals surface area (Å²) in [6, 6.07) is 2.82. The van der Waals surface area contributed by atoms with Gasteiger partial charge in [-0.1, -0.05) is 34.8 Å². The Morgan fingerprint density at radius 2 is 1.92 bits per heavy atom. The lowest BCUT2D eigenvalue weighted by molar-refractivity contribution is -0.385. The first-order valence-corrected chi connectivity index (χ1v) is 9.83. The molecule has 0 aliphatic carbocycles. The van der Waals surface area contributed by atoms with Crippen LogP contribution in [0.15, 0.2) is 18.2 Å². The number of nitrogens with zero attached hydrogens (tertiary/aromatic N) is 1. The van der Waals surface area contributed by atoms with Crippen molar-refractivity contribution in [2.75, 3.05) is 13.2 Å². The van der Waals surface area contributed by atoms with Crippen molar-refractivity contribution in [1.29, 1.82) is 0 Å². The SMILES string of the molecule is O=C(CNC(=O)c1ccc([N+](=O)[O-])c(I(=O)=O)c1)OCC(Cl)(Cl)Cl. The molecule has 0 spiro atoms. The standard InChI is InChI=1S/C11H8Cl3IN2O7/c12-11(13,14)5-24-9(18)4-16-10(19)6-1-2-8(17(22)23)7(3-6)15(20)21/h1-3H,4-5H2,(H,16,19). The minimum absolute atomic E-state index is 0.168. The van der Waals surface area contributed by atoms with Gasteiger partial charge in [-0.05, 0) is 12.1 Å². The quantitative estimate of drug-likeness (QED) is 0.203. The van der Waals surface area contributed by atoms with Crippen LogP contribution in [0, 0.1) is 13.7 Å². The van der Waals surface area contributed by atoms with Crippen molar-refractivity contribution in [3.05, 3.63) is 37.4 Å². The number of hydrogen-bond donors (Lipinski definition) is 1. The second-order valence-electron chi connectivity index (χ2n) is 4.10. The second-order valence-corrected chi connectivity index (χ2v) is 9.02. The van der Waals surface area contributed by atoms with Crippen LogP contribution in [0.5, 0.6) is 0 Å². The summed E-state index contributed by atoms with van der Waals surface area (Å²) in [5.74, 6) is -1.72. The maximum Gasteiger partial charge on any atom is 0.347 e. The summed E-state index contributed by atoms with van der Waals surface area (Å²) in [4.78, 5) is 33.1. The molecule has 0 unspecified atom stereocenters. The number of nitrogens with one attached hydrogen (secondary N) is 1. The predicted molar refractivity (Wildman–Crippen MR) is 90.8 cm³/mol. The highest BCUT2D eigenvalue weighted by molar-refractivity contribution is 14.2. The number of nitro groups is 1. The zero-order chi connectivity index (χ0) is 18.5. The topological polar surface area (TPSA) is 133 Å². The number of alkyl halides is 3. The van der Waals surface area contributed by atoms with Crippen molar-refractivity contribution in [2.24, 2.45) is 0 Å². The van der Waals surface area contributed by atoms with E-state index in [1.54, 1.807) is 0 Å². The molecule has 9 nitrogen and oxygen atoms in total. The summed E-state index contributed by atoms with van der Waals surface area (Å²) < 4.78 is 24.5. The van der Waals surface area contributed by atoms with Crippen molar-refractivity contribution >= 4 is 72.2 Å². The Morgan fingerprint density at radius 1 is 1.29 bits per heavy atom. The van der Waals surface area contributed by atoms with Gasteiger partial charge in [-0.2, -0.15) is 0 Å². The van der Waals surface area contributed by atoms with Crippen LogP contribution in [0.1, 0.15) is 10.4 Å². The predicted octanol–water partition coefficient (Wildman–Crippen LogP) is 2.61. The summed E-state index contributed by atoms with van der Waals surface area (Å²) in [6.45, 7) is -1.09. The minimum atomic E-state index is -4.20. The number of benzene rings is 1. The summed E-state index contributed by atoms with van der Waals surface area (Å²) in [7, 11) is 0. The molecule has 0 bridgehead atoms. The summed E-state index contributed by atoms with van der Waals surface area (Å²) >= 11 is 11.9. The molecule has 0 saturated carbocycles. The lowest BCUT2D eigenvalue weighted by atomic mass is 10.2. The molecule has 0 heterocycles. The van der Waals surface area contributed by atoms with Crippen molar-refractivity contribution in [2.45, 2.75) is 3.79 Å². The summed E-state index contributed by atoms with van der Waals surface area (Å²) in [5.41, 5.74) is -0.789. The maximum absolute atomic E-state index is 11.9. The molecule has 0 saturated heterocycles. The van der Waals surface area contributed by atoms with E-state index in [1.165, 1.54) is 0 Å². The summed E-state index contributed by atoms with van der Waals surface area (Å²) in [6.07, 6.45) is 0. The van der Waals surface area contributed by atoms with Gasteiger partial charge < -0.3 is 10.1 Å². The number of amides is 1. The smallest absolute Gasteiger partial charge is 0.347 e. The average Bonchev–Trinajstić information content (AvgIpc) is 2.49. The van der Waals surface area contributed by atoms with E-state index in [0.717, 1.165) is 18.2 Å². The van der Waals surface area contributed by atoms with Gasteiger partial charge in [0, 0.05) is 11.6 Å². The van der Waals surface area contributed by atoms with E-state index in [9.17, 15) is 25.8 Å². The van der Waals surface area contributed by atoms with E-state index in [1.807, 2.05) is 0 Å². The molecule has 13 heteroatoms. The highest BCUT2D eigenvalue weighted by atomic mass is 127. The van der Waals surface area contributed by atoms with Crippen molar-refractivity contribution in [1.82, 2.24) is 5.32 Å². The third-order valence-corrected chi connectivity index (χ3v) is 4.50. The largest absolute Gasteiger partial charge is 0.460 e. The van der Waals surface area contributed by atoms with Gasteiger partial charge >= 0.3 is 25.8 Å². The van der Waals surface area contributed by atoms with Gasteiger partial charge in [-0.25, -0.2) is 6.14 Å². The lowest BCUT2D eigenvalue weighted by Crippen LogP contribution is -2.32. The van der Waals surface area contributed by atoms with E-state index in [2.05, 4.69) is 10.1 Å². The number of nitro benzene ring substituents is 1. The first-order chi connectivity index (χ1) is 11.0. The van der Waals surface area contributed by atoms with Gasteiger partial charge in [-0.3, -0.25) is 19.7 Å². The van der Waals surface area contributed by atoms with Crippen LogP contribution in [0.3, 0.4) is 0 Å². The molecule has 1 rings (SSSR count). The van der Waals surface area contributed by atoms with E-state index in [0.29, 0.717) is 0 Å². The molecule has 0 aliphatic rings.